The van der Waals surface area contributed by atoms with Crippen molar-refractivity contribution >= 4 is 40.3 Å². The van der Waals surface area contributed by atoms with E-state index in [0.29, 0.717) is 32.7 Å². The molecule has 0 saturated carbocycles. The first-order valence-corrected chi connectivity index (χ1v) is 6.29. The predicted molar refractivity (Wildman–Crippen MR) is 80.1 cm³/mol. The van der Waals surface area contributed by atoms with Crippen molar-refractivity contribution in [2.24, 2.45) is 0 Å². The number of nitrogen functional groups attached to an aromatic ring is 1. The third kappa shape index (κ3) is 2.93. The van der Waals surface area contributed by atoms with E-state index in [1.165, 1.54) is 0 Å². The molecule has 0 aliphatic rings. The van der Waals surface area contributed by atoms with Crippen LogP contribution in [0, 0.1) is 18.3 Å². The second-order valence-corrected chi connectivity index (χ2v) is 4.93. The van der Waals surface area contributed by atoms with Crippen molar-refractivity contribution in [2.75, 3.05) is 11.1 Å². The number of benzene rings is 2. The van der Waals surface area contributed by atoms with Crippen LogP contribution in [0.15, 0.2) is 30.3 Å². The summed E-state index contributed by atoms with van der Waals surface area (Å²) >= 11 is 12.2. The van der Waals surface area contributed by atoms with Crippen molar-refractivity contribution in [1.29, 1.82) is 5.26 Å². The van der Waals surface area contributed by atoms with Crippen molar-refractivity contribution in [2.45, 2.75) is 6.92 Å². The van der Waals surface area contributed by atoms with E-state index in [0.717, 1.165) is 5.56 Å². The predicted octanol–water partition coefficient (Wildman–Crippen LogP) is 4.50. The number of nitrogens with zero attached hydrogens (tertiary/aromatic N) is 1. The normalized spacial score (nSPS) is 10.0. The van der Waals surface area contributed by atoms with Crippen LogP contribution in [0.3, 0.4) is 0 Å². The maximum Gasteiger partial charge on any atom is 0.0992 e. The minimum Gasteiger partial charge on any atom is -0.397 e. The van der Waals surface area contributed by atoms with Gasteiger partial charge in [-0.05, 0) is 42.8 Å². The molecule has 0 fully saturated rings. The monoisotopic (exact) mass is 291 g/mol. The molecule has 19 heavy (non-hydrogen) atoms. The zero-order valence-electron chi connectivity index (χ0n) is 10.2. The van der Waals surface area contributed by atoms with Gasteiger partial charge in [-0.3, -0.25) is 0 Å². The molecule has 5 heteroatoms. The standard InChI is InChI=1S/C14H11Cl2N3/c1-8-4-11(16)13(6-10(8)15)19-14-5-9(7-17)2-3-12(14)18/h2-6,19H,18H2,1H3. The zero-order valence-corrected chi connectivity index (χ0v) is 11.7. The number of rotatable bonds is 2. The molecule has 2 rings (SSSR count). The number of anilines is 3. The molecule has 0 radical (unpaired) electrons. The molecule has 2 aromatic rings. The van der Waals surface area contributed by atoms with Gasteiger partial charge in [-0.25, -0.2) is 0 Å². The number of nitrogens with two attached hydrogens (primary N) is 1. The lowest BCUT2D eigenvalue weighted by Gasteiger charge is -2.12. The van der Waals surface area contributed by atoms with Crippen LogP contribution in [0.5, 0.6) is 0 Å². The fraction of sp³-hybridized carbons (Fsp3) is 0.0714. The summed E-state index contributed by atoms with van der Waals surface area (Å²) in [4.78, 5) is 0. The molecule has 0 aromatic heterocycles. The molecule has 3 nitrogen and oxygen atoms in total. The Labute approximate surface area is 121 Å². The van der Waals surface area contributed by atoms with Crippen LogP contribution in [-0.2, 0) is 0 Å². The minimum absolute atomic E-state index is 0.519. The minimum atomic E-state index is 0.519. The van der Waals surface area contributed by atoms with E-state index in [9.17, 15) is 0 Å². The lowest BCUT2D eigenvalue weighted by Crippen LogP contribution is -1.98. The first-order chi connectivity index (χ1) is 9.01. The van der Waals surface area contributed by atoms with E-state index < -0.39 is 0 Å². The molecular weight excluding hydrogens is 281 g/mol. The van der Waals surface area contributed by atoms with Gasteiger partial charge in [-0.2, -0.15) is 5.26 Å². The van der Waals surface area contributed by atoms with Crippen molar-refractivity contribution in [3.8, 4) is 6.07 Å². The third-order valence-electron chi connectivity index (χ3n) is 2.70. The van der Waals surface area contributed by atoms with Gasteiger partial charge in [0, 0.05) is 5.02 Å². The molecule has 0 aliphatic heterocycles. The molecule has 0 unspecified atom stereocenters. The van der Waals surface area contributed by atoms with Gasteiger partial charge in [0.15, 0.2) is 0 Å². The topological polar surface area (TPSA) is 61.8 Å². The molecule has 0 heterocycles. The molecule has 96 valence electrons. The van der Waals surface area contributed by atoms with Crippen molar-refractivity contribution in [3.05, 3.63) is 51.5 Å². The third-order valence-corrected chi connectivity index (χ3v) is 3.42. The van der Waals surface area contributed by atoms with Gasteiger partial charge >= 0.3 is 0 Å². The number of aryl methyl sites for hydroxylation is 1. The van der Waals surface area contributed by atoms with Crippen molar-refractivity contribution in [3.63, 3.8) is 0 Å². The summed E-state index contributed by atoms with van der Waals surface area (Å²) < 4.78 is 0. The van der Waals surface area contributed by atoms with Crippen LogP contribution in [0.4, 0.5) is 17.1 Å². The summed E-state index contributed by atoms with van der Waals surface area (Å²) in [6, 6.07) is 10.6. The Kier molecular flexibility index (Phi) is 3.84. The second-order valence-electron chi connectivity index (χ2n) is 4.12. The average Bonchev–Trinajstić information content (AvgIpc) is 2.38. The largest absolute Gasteiger partial charge is 0.397 e. The smallest absolute Gasteiger partial charge is 0.0992 e. The first-order valence-electron chi connectivity index (χ1n) is 5.53. The van der Waals surface area contributed by atoms with Crippen LogP contribution in [0.2, 0.25) is 10.0 Å². The fourth-order valence-corrected chi connectivity index (χ4v) is 2.05. The number of hydrogen-bond acceptors (Lipinski definition) is 3. The van der Waals surface area contributed by atoms with Crippen LogP contribution in [0.25, 0.3) is 0 Å². The lowest BCUT2D eigenvalue weighted by molar-refractivity contribution is 1.44. The highest BCUT2D eigenvalue weighted by Crippen LogP contribution is 2.33. The average molecular weight is 292 g/mol. The van der Waals surface area contributed by atoms with Gasteiger partial charge in [-0.15, -0.1) is 0 Å². The summed E-state index contributed by atoms with van der Waals surface area (Å²) in [5, 5.41) is 13.1. The summed E-state index contributed by atoms with van der Waals surface area (Å²) in [6.45, 7) is 1.88. The lowest BCUT2D eigenvalue weighted by atomic mass is 10.1. The van der Waals surface area contributed by atoms with Gasteiger partial charge < -0.3 is 11.1 Å². The van der Waals surface area contributed by atoms with Crippen LogP contribution < -0.4 is 11.1 Å². The summed E-state index contributed by atoms with van der Waals surface area (Å²) in [7, 11) is 0. The number of halogens is 2. The Morgan fingerprint density at radius 1 is 1.11 bits per heavy atom. The van der Waals surface area contributed by atoms with E-state index in [1.54, 1.807) is 30.3 Å². The van der Waals surface area contributed by atoms with Crippen molar-refractivity contribution < 1.29 is 0 Å². The van der Waals surface area contributed by atoms with Gasteiger partial charge in [0.1, 0.15) is 0 Å². The quantitative estimate of drug-likeness (QED) is 0.801. The molecule has 0 atom stereocenters. The summed E-state index contributed by atoms with van der Waals surface area (Å²) in [6.07, 6.45) is 0. The van der Waals surface area contributed by atoms with E-state index in [2.05, 4.69) is 11.4 Å². The van der Waals surface area contributed by atoms with Gasteiger partial charge in [-0.1, -0.05) is 23.2 Å². The fourth-order valence-electron chi connectivity index (χ4n) is 1.62. The molecule has 0 aliphatic carbocycles. The Balaban J connectivity index is 2.42. The Morgan fingerprint density at radius 2 is 1.84 bits per heavy atom. The highest BCUT2D eigenvalue weighted by atomic mass is 35.5. The molecule has 0 spiro atoms. The molecule has 0 bridgehead atoms. The molecular formula is C14H11Cl2N3. The van der Waals surface area contributed by atoms with E-state index in [1.807, 2.05) is 6.92 Å². The second kappa shape index (κ2) is 5.40. The maximum absolute atomic E-state index is 8.89. The SMILES string of the molecule is Cc1cc(Cl)c(Nc2cc(C#N)ccc2N)cc1Cl. The Bertz CT molecular complexity index is 675. The van der Waals surface area contributed by atoms with Crippen molar-refractivity contribution in [1.82, 2.24) is 0 Å². The summed E-state index contributed by atoms with van der Waals surface area (Å²) in [5.74, 6) is 0. The number of hydrogen-bond donors (Lipinski definition) is 2. The van der Waals surface area contributed by atoms with E-state index in [-0.39, 0.29) is 0 Å². The molecule has 0 saturated heterocycles. The Hall–Kier alpha value is -1.89. The van der Waals surface area contributed by atoms with Crippen LogP contribution >= 0.6 is 23.2 Å². The number of nitriles is 1. The first kappa shape index (κ1) is 13.5. The highest BCUT2D eigenvalue weighted by molar-refractivity contribution is 6.35. The maximum atomic E-state index is 8.89. The Morgan fingerprint density at radius 3 is 2.53 bits per heavy atom. The highest BCUT2D eigenvalue weighted by Gasteiger charge is 2.07. The van der Waals surface area contributed by atoms with Gasteiger partial charge in [0.05, 0.1) is 33.7 Å². The van der Waals surface area contributed by atoms with Crippen LogP contribution in [-0.4, -0.2) is 0 Å². The van der Waals surface area contributed by atoms with E-state index >= 15 is 0 Å². The zero-order chi connectivity index (χ0) is 14.0. The molecule has 2 aromatic carbocycles. The van der Waals surface area contributed by atoms with Gasteiger partial charge in [0.2, 0.25) is 0 Å². The molecule has 0 amide bonds. The number of nitrogens with one attached hydrogen (secondary N) is 1. The molecule has 3 N–H and O–H groups in total. The van der Waals surface area contributed by atoms with Gasteiger partial charge in [0.25, 0.3) is 0 Å². The van der Waals surface area contributed by atoms with E-state index in [4.69, 9.17) is 34.2 Å². The summed E-state index contributed by atoms with van der Waals surface area (Å²) in [5.41, 5.74) is 9.09. The van der Waals surface area contributed by atoms with Crippen LogP contribution in [0.1, 0.15) is 11.1 Å².